The molecule has 3 nitrogen and oxygen atoms in total. The van der Waals surface area contributed by atoms with E-state index in [1.807, 2.05) is 0 Å². The first-order valence-corrected chi connectivity index (χ1v) is 5.89. The lowest BCUT2D eigenvalue weighted by molar-refractivity contribution is 0.296. The molecule has 0 unspecified atom stereocenters. The van der Waals surface area contributed by atoms with E-state index in [0.29, 0.717) is 17.0 Å². The normalized spacial score (nSPS) is 10.3. The van der Waals surface area contributed by atoms with Gasteiger partial charge in [-0.25, -0.2) is 0 Å². The average Bonchev–Trinajstić information content (AvgIpc) is 2.18. The molecule has 0 atom stereocenters. The third-order valence-electron chi connectivity index (χ3n) is 1.79. The number of thioether (sulfide) groups is 1. The van der Waals surface area contributed by atoms with E-state index in [9.17, 15) is 0 Å². The van der Waals surface area contributed by atoms with Crippen molar-refractivity contribution >= 4 is 29.2 Å². The number of halogens is 1. The number of nitrogens with two attached hydrogens (primary N) is 1. The molecule has 0 radical (unpaired) electrons. The number of rotatable bonds is 5. The molecule has 82 valence electrons. The van der Waals surface area contributed by atoms with Crippen LogP contribution in [0.15, 0.2) is 23.1 Å². The lowest BCUT2D eigenvalue weighted by Crippen LogP contribution is -2.12. The highest BCUT2D eigenvalue weighted by atomic mass is 35.5. The summed E-state index contributed by atoms with van der Waals surface area (Å²) in [6, 6.07) is 5.25. The standard InChI is InChI=1S/C10H13ClN2OS/c11-7-2-3-8(10(12)13)9(6-7)15-5-1-4-14/h2-3,6,14H,1,4-5H2,(H3,12,13). The summed E-state index contributed by atoms with van der Waals surface area (Å²) in [4.78, 5) is 0.892. The summed E-state index contributed by atoms with van der Waals surface area (Å²) >= 11 is 7.41. The Morgan fingerprint density at radius 2 is 2.27 bits per heavy atom. The van der Waals surface area contributed by atoms with Gasteiger partial charge in [0.05, 0.1) is 0 Å². The Morgan fingerprint density at radius 1 is 1.53 bits per heavy atom. The Balaban J connectivity index is 2.82. The van der Waals surface area contributed by atoms with Crippen LogP contribution in [0.5, 0.6) is 0 Å². The minimum absolute atomic E-state index is 0.0400. The maximum atomic E-state index is 8.67. The molecule has 0 fully saturated rings. The van der Waals surface area contributed by atoms with Gasteiger partial charge < -0.3 is 10.8 Å². The summed E-state index contributed by atoms with van der Waals surface area (Å²) in [6.07, 6.45) is 0.717. The topological polar surface area (TPSA) is 70.1 Å². The van der Waals surface area contributed by atoms with Gasteiger partial charge in [0, 0.05) is 27.8 Å². The van der Waals surface area contributed by atoms with E-state index in [1.165, 1.54) is 0 Å². The smallest absolute Gasteiger partial charge is 0.123 e. The second kappa shape index (κ2) is 6.00. The Morgan fingerprint density at radius 3 is 2.87 bits per heavy atom. The summed E-state index contributed by atoms with van der Waals surface area (Å²) in [5.41, 5.74) is 6.14. The molecule has 0 spiro atoms. The van der Waals surface area contributed by atoms with Gasteiger partial charge in [0.1, 0.15) is 5.84 Å². The van der Waals surface area contributed by atoms with Gasteiger partial charge in [-0.2, -0.15) is 0 Å². The van der Waals surface area contributed by atoms with Crippen molar-refractivity contribution in [1.82, 2.24) is 0 Å². The highest BCUT2D eigenvalue weighted by Gasteiger charge is 2.06. The molecule has 5 heteroatoms. The Kier molecular flexibility index (Phi) is 4.94. The fourth-order valence-electron chi connectivity index (χ4n) is 1.08. The van der Waals surface area contributed by atoms with Crippen molar-refractivity contribution in [2.75, 3.05) is 12.4 Å². The first-order chi connectivity index (χ1) is 7.15. The number of benzene rings is 1. The molecule has 1 rings (SSSR count). The van der Waals surface area contributed by atoms with Crippen molar-refractivity contribution in [3.63, 3.8) is 0 Å². The molecule has 0 saturated heterocycles. The molecule has 0 aliphatic carbocycles. The van der Waals surface area contributed by atoms with E-state index in [-0.39, 0.29) is 12.4 Å². The van der Waals surface area contributed by atoms with Gasteiger partial charge in [-0.15, -0.1) is 11.8 Å². The molecular weight excluding hydrogens is 232 g/mol. The molecule has 0 saturated carbocycles. The molecule has 1 aromatic carbocycles. The second-order valence-electron chi connectivity index (χ2n) is 2.98. The lowest BCUT2D eigenvalue weighted by atomic mass is 10.2. The average molecular weight is 245 g/mol. The van der Waals surface area contributed by atoms with E-state index in [1.54, 1.807) is 30.0 Å². The SMILES string of the molecule is N=C(N)c1ccc(Cl)cc1SCCCO. The van der Waals surface area contributed by atoms with Crippen molar-refractivity contribution < 1.29 is 5.11 Å². The maximum absolute atomic E-state index is 8.67. The quantitative estimate of drug-likeness (QED) is 0.322. The minimum atomic E-state index is 0.0400. The Bertz CT molecular complexity index is 357. The number of nitrogen functional groups attached to an aromatic ring is 1. The van der Waals surface area contributed by atoms with Crippen LogP contribution in [0.2, 0.25) is 5.02 Å². The third-order valence-corrected chi connectivity index (χ3v) is 3.17. The number of hydrogen-bond donors (Lipinski definition) is 3. The molecule has 0 aliphatic rings. The van der Waals surface area contributed by atoms with Crippen molar-refractivity contribution in [3.8, 4) is 0 Å². The predicted octanol–water partition coefficient (Wildman–Crippen LogP) is 2.10. The van der Waals surface area contributed by atoms with Crippen LogP contribution in [0.3, 0.4) is 0 Å². The number of nitrogens with one attached hydrogen (secondary N) is 1. The van der Waals surface area contributed by atoms with Crippen LogP contribution in [0.25, 0.3) is 0 Å². The molecule has 0 aromatic heterocycles. The summed E-state index contributed by atoms with van der Waals surface area (Å²) in [7, 11) is 0. The monoisotopic (exact) mass is 244 g/mol. The summed E-state index contributed by atoms with van der Waals surface area (Å²) in [5.74, 6) is 0.829. The zero-order valence-electron chi connectivity index (χ0n) is 8.16. The second-order valence-corrected chi connectivity index (χ2v) is 4.55. The van der Waals surface area contributed by atoms with Crippen LogP contribution in [0.4, 0.5) is 0 Å². The van der Waals surface area contributed by atoms with E-state index < -0.39 is 0 Å². The summed E-state index contributed by atoms with van der Waals surface area (Å²) in [6.45, 7) is 0.170. The molecule has 0 aliphatic heterocycles. The van der Waals surface area contributed by atoms with Gasteiger partial charge in [-0.05, 0) is 24.6 Å². The van der Waals surface area contributed by atoms with E-state index in [4.69, 9.17) is 27.9 Å². The highest BCUT2D eigenvalue weighted by Crippen LogP contribution is 2.26. The van der Waals surface area contributed by atoms with Crippen LogP contribution in [0.1, 0.15) is 12.0 Å². The minimum Gasteiger partial charge on any atom is -0.396 e. The number of hydrogen-bond acceptors (Lipinski definition) is 3. The summed E-state index contributed by atoms with van der Waals surface area (Å²) < 4.78 is 0. The van der Waals surface area contributed by atoms with Crippen molar-refractivity contribution in [2.24, 2.45) is 5.73 Å². The van der Waals surface area contributed by atoms with Crippen LogP contribution in [-0.2, 0) is 0 Å². The molecular formula is C10H13ClN2OS. The number of amidine groups is 1. The van der Waals surface area contributed by atoms with Gasteiger partial charge >= 0.3 is 0 Å². The Labute approximate surface area is 98.1 Å². The third kappa shape index (κ3) is 3.74. The van der Waals surface area contributed by atoms with Crippen LogP contribution >= 0.6 is 23.4 Å². The molecule has 0 heterocycles. The molecule has 0 bridgehead atoms. The van der Waals surface area contributed by atoms with Crippen LogP contribution < -0.4 is 5.73 Å². The number of aliphatic hydroxyl groups excluding tert-OH is 1. The van der Waals surface area contributed by atoms with Crippen LogP contribution in [0, 0.1) is 5.41 Å². The van der Waals surface area contributed by atoms with E-state index in [2.05, 4.69) is 0 Å². The fourth-order valence-corrected chi connectivity index (χ4v) is 2.36. The van der Waals surface area contributed by atoms with Gasteiger partial charge in [0.15, 0.2) is 0 Å². The zero-order chi connectivity index (χ0) is 11.3. The first kappa shape index (κ1) is 12.4. The van der Waals surface area contributed by atoms with Gasteiger partial charge in [-0.3, -0.25) is 5.41 Å². The van der Waals surface area contributed by atoms with Crippen LogP contribution in [-0.4, -0.2) is 23.3 Å². The molecule has 0 amide bonds. The molecule has 4 N–H and O–H groups in total. The van der Waals surface area contributed by atoms with E-state index in [0.717, 1.165) is 10.6 Å². The zero-order valence-corrected chi connectivity index (χ0v) is 9.74. The molecule has 1 aromatic rings. The van der Waals surface area contributed by atoms with Gasteiger partial charge in [-0.1, -0.05) is 11.6 Å². The Hall–Kier alpha value is -0.710. The van der Waals surface area contributed by atoms with E-state index >= 15 is 0 Å². The lowest BCUT2D eigenvalue weighted by Gasteiger charge is -2.07. The van der Waals surface area contributed by atoms with Gasteiger partial charge in [0.2, 0.25) is 0 Å². The first-order valence-electron chi connectivity index (χ1n) is 4.52. The predicted molar refractivity (Wildman–Crippen MR) is 64.9 cm³/mol. The fraction of sp³-hybridized carbons (Fsp3) is 0.300. The van der Waals surface area contributed by atoms with Crippen molar-refractivity contribution in [2.45, 2.75) is 11.3 Å². The summed E-state index contributed by atoms with van der Waals surface area (Å²) in [5, 5.41) is 16.7. The number of aliphatic hydroxyl groups is 1. The maximum Gasteiger partial charge on any atom is 0.123 e. The van der Waals surface area contributed by atoms with Crippen molar-refractivity contribution in [1.29, 1.82) is 5.41 Å². The van der Waals surface area contributed by atoms with Gasteiger partial charge in [0.25, 0.3) is 0 Å². The largest absolute Gasteiger partial charge is 0.396 e. The highest BCUT2D eigenvalue weighted by molar-refractivity contribution is 7.99. The molecule has 15 heavy (non-hydrogen) atoms. The van der Waals surface area contributed by atoms with Crippen molar-refractivity contribution in [3.05, 3.63) is 28.8 Å².